The summed E-state index contributed by atoms with van der Waals surface area (Å²) in [7, 11) is 0. The summed E-state index contributed by atoms with van der Waals surface area (Å²) < 4.78 is 2.53. The van der Waals surface area contributed by atoms with Crippen molar-refractivity contribution in [3.05, 3.63) is 40.2 Å². The first-order valence-corrected chi connectivity index (χ1v) is 8.70. The van der Waals surface area contributed by atoms with Crippen molar-refractivity contribution in [2.24, 2.45) is 0 Å². The Bertz CT molecular complexity index is 475. The molecule has 0 aliphatic carbocycles. The van der Waals surface area contributed by atoms with Crippen molar-refractivity contribution in [1.82, 2.24) is 0 Å². The van der Waals surface area contributed by atoms with E-state index in [1.165, 1.54) is 22.7 Å². The number of hydrogen-bond acceptors (Lipinski definition) is 2. The molecule has 0 radical (unpaired) electrons. The predicted molar refractivity (Wildman–Crippen MR) is 84.6 cm³/mol. The standard InChI is InChI=1S/C10H7Br2IS2/c1-5-2-7(11)10(15-5)9(12)6-3-8(13)14-4-6/h2-4,9H,1H3. The van der Waals surface area contributed by atoms with Crippen LogP contribution in [0.15, 0.2) is 22.0 Å². The van der Waals surface area contributed by atoms with E-state index in [1.54, 1.807) is 11.3 Å². The highest BCUT2D eigenvalue weighted by Crippen LogP contribution is 2.41. The zero-order valence-electron chi connectivity index (χ0n) is 7.76. The van der Waals surface area contributed by atoms with Crippen molar-refractivity contribution < 1.29 is 0 Å². The Labute approximate surface area is 127 Å². The number of hydrogen-bond donors (Lipinski definition) is 0. The molecule has 0 bridgehead atoms. The van der Waals surface area contributed by atoms with Gasteiger partial charge in [-0.25, -0.2) is 0 Å². The van der Waals surface area contributed by atoms with Gasteiger partial charge >= 0.3 is 0 Å². The summed E-state index contributed by atoms with van der Waals surface area (Å²) in [6, 6.07) is 4.40. The van der Waals surface area contributed by atoms with Crippen LogP contribution < -0.4 is 0 Å². The second-order valence-electron chi connectivity index (χ2n) is 3.12. The highest BCUT2D eigenvalue weighted by Gasteiger charge is 2.17. The van der Waals surface area contributed by atoms with Crippen LogP contribution in [0.4, 0.5) is 0 Å². The van der Waals surface area contributed by atoms with E-state index in [0.29, 0.717) is 4.83 Å². The third kappa shape index (κ3) is 2.86. The SMILES string of the molecule is Cc1cc(Br)c(C(Br)c2csc(I)c2)s1. The third-order valence-corrected chi connectivity index (χ3v) is 7.08. The Kier molecular flexibility index (Phi) is 4.32. The molecule has 1 unspecified atom stereocenters. The molecule has 0 fully saturated rings. The normalized spacial score (nSPS) is 13.1. The summed E-state index contributed by atoms with van der Waals surface area (Å²) in [6.45, 7) is 2.13. The molecule has 2 heterocycles. The maximum absolute atomic E-state index is 3.76. The average molecular weight is 478 g/mol. The summed E-state index contributed by atoms with van der Waals surface area (Å²) in [5.41, 5.74) is 1.34. The van der Waals surface area contributed by atoms with Crippen LogP contribution in [0.5, 0.6) is 0 Å². The molecule has 2 aromatic heterocycles. The molecule has 1 atom stereocenters. The Hall–Kier alpha value is 1.09. The Morgan fingerprint density at radius 2 is 2.13 bits per heavy atom. The summed E-state index contributed by atoms with van der Waals surface area (Å²) >= 11 is 13.3. The molecule has 5 heteroatoms. The van der Waals surface area contributed by atoms with Crippen molar-refractivity contribution in [3.8, 4) is 0 Å². The smallest absolute Gasteiger partial charge is 0.0757 e. The van der Waals surface area contributed by atoms with Gasteiger partial charge in [0.25, 0.3) is 0 Å². The van der Waals surface area contributed by atoms with Gasteiger partial charge in [0.05, 0.1) is 7.71 Å². The van der Waals surface area contributed by atoms with E-state index < -0.39 is 0 Å². The van der Waals surface area contributed by atoms with E-state index in [2.05, 4.69) is 78.9 Å². The largest absolute Gasteiger partial charge is 0.143 e. The molecule has 0 N–H and O–H groups in total. The molecule has 0 aliphatic rings. The van der Waals surface area contributed by atoms with E-state index >= 15 is 0 Å². The topological polar surface area (TPSA) is 0 Å². The van der Waals surface area contributed by atoms with Crippen LogP contribution in [0, 0.1) is 9.81 Å². The number of alkyl halides is 1. The second-order valence-corrected chi connectivity index (χ2v) is 8.98. The molecule has 0 amide bonds. The van der Waals surface area contributed by atoms with Gasteiger partial charge in [-0.2, -0.15) is 0 Å². The van der Waals surface area contributed by atoms with E-state index in [9.17, 15) is 0 Å². The lowest BCUT2D eigenvalue weighted by Crippen LogP contribution is -1.86. The molecule has 0 saturated carbocycles. The molecule has 80 valence electrons. The lowest BCUT2D eigenvalue weighted by atomic mass is 10.2. The summed E-state index contributed by atoms with van der Waals surface area (Å²) in [5.74, 6) is 0. The zero-order chi connectivity index (χ0) is 11.0. The van der Waals surface area contributed by atoms with E-state index in [1.807, 2.05) is 11.3 Å². The fraction of sp³-hybridized carbons (Fsp3) is 0.200. The third-order valence-electron chi connectivity index (χ3n) is 1.95. The van der Waals surface area contributed by atoms with Crippen LogP contribution in [-0.2, 0) is 0 Å². The van der Waals surface area contributed by atoms with Gasteiger partial charge in [0.15, 0.2) is 0 Å². The molecule has 0 aromatic carbocycles. The summed E-state index contributed by atoms with van der Waals surface area (Å²) in [4.78, 5) is 3.00. The van der Waals surface area contributed by atoms with Crippen LogP contribution >= 0.6 is 77.1 Å². The highest BCUT2D eigenvalue weighted by molar-refractivity contribution is 14.1. The van der Waals surface area contributed by atoms with Crippen molar-refractivity contribution in [2.45, 2.75) is 11.8 Å². The van der Waals surface area contributed by atoms with E-state index in [0.717, 1.165) is 0 Å². The fourth-order valence-corrected chi connectivity index (χ4v) is 5.84. The Morgan fingerprint density at radius 3 is 2.60 bits per heavy atom. The van der Waals surface area contributed by atoms with Crippen LogP contribution in [0.25, 0.3) is 0 Å². The predicted octanol–water partition coefficient (Wildman–Crippen LogP) is 5.97. The maximum atomic E-state index is 3.76. The van der Waals surface area contributed by atoms with Gasteiger partial charge in [0, 0.05) is 14.2 Å². The molecule has 2 aromatic rings. The molecule has 2 rings (SSSR count). The Morgan fingerprint density at radius 1 is 1.40 bits per heavy atom. The van der Waals surface area contributed by atoms with Gasteiger partial charge in [0.1, 0.15) is 0 Å². The fourth-order valence-electron chi connectivity index (χ4n) is 1.28. The quantitative estimate of drug-likeness (QED) is 0.369. The molecule has 0 nitrogen and oxygen atoms in total. The van der Waals surface area contributed by atoms with Crippen LogP contribution in [0.3, 0.4) is 0 Å². The first-order valence-electron chi connectivity index (χ1n) is 4.21. The molecular formula is C10H7Br2IS2. The number of aryl methyl sites for hydroxylation is 1. The van der Waals surface area contributed by atoms with E-state index in [-0.39, 0.29) is 0 Å². The molecular weight excluding hydrogens is 471 g/mol. The van der Waals surface area contributed by atoms with Gasteiger partial charge in [-0.15, -0.1) is 22.7 Å². The summed E-state index contributed by atoms with van der Waals surface area (Å²) in [6.07, 6.45) is 0. The van der Waals surface area contributed by atoms with Crippen LogP contribution in [0.2, 0.25) is 0 Å². The van der Waals surface area contributed by atoms with Crippen molar-refractivity contribution >= 4 is 77.1 Å². The monoisotopic (exact) mass is 476 g/mol. The first kappa shape index (κ1) is 12.5. The Balaban J connectivity index is 2.35. The molecule has 0 saturated heterocycles. The van der Waals surface area contributed by atoms with Gasteiger partial charge in [-0.05, 0) is 68.5 Å². The maximum Gasteiger partial charge on any atom is 0.0757 e. The van der Waals surface area contributed by atoms with Crippen molar-refractivity contribution in [2.75, 3.05) is 0 Å². The van der Waals surface area contributed by atoms with Gasteiger partial charge in [-0.1, -0.05) is 15.9 Å². The minimum absolute atomic E-state index is 0.311. The number of halogens is 3. The van der Waals surface area contributed by atoms with E-state index in [4.69, 9.17) is 0 Å². The minimum Gasteiger partial charge on any atom is -0.143 e. The lowest BCUT2D eigenvalue weighted by molar-refractivity contribution is 1.23. The highest BCUT2D eigenvalue weighted by atomic mass is 127. The molecule has 0 spiro atoms. The second kappa shape index (κ2) is 5.16. The summed E-state index contributed by atoms with van der Waals surface area (Å²) in [5, 5.41) is 2.21. The van der Waals surface area contributed by atoms with Gasteiger partial charge in [0.2, 0.25) is 0 Å². The van der Waals surface area contributed by atoms with Crippen molar-refractivity contribution in [1.29, 1.82) is 0 Å². The first-order chi connectivity index (χ1) is 7.08. The number of thiophene rings is 2. The average Bonchev–Trinajstić information content (AvgIpc) is 2.71. The van der Waals surface area contributed by atoms with Crippen LogP contribution in [0.1, 0.15) is 20.1 Å². The minimum atomic E-state index is 0.311. The molecule has 15 heavy (non-hydrogen) atoms. The van der Waals surface area contributed by atoms with Gasteiger partial charge < -0.3 is 0 Å². The zero-order valence-corrected chi connectivity index (χ0v) is 14.7. The number of rotatable bonds is 2. The van der Waals surface area contributed by atoms with Gasteiger partial charge in [-0.3, -0.25) is 0 Å². The van der Waals surface area contributed by atoms with Crippen molar-refractivity contribution in [3.63, 3.8) is 0 Å². The lowest BCUT2D eigenvalue weighted by Gasteiger charge is -2.05. The molecule has 0 aliphatic heterocycles. The van der Waals surface area contributed by atoms with Crippen LogP contribution in [-0.4, -0.2) is 0 Å².